The van der Waals surface area contributed by atoms with Gasteiger partial charge in [-0.05, 0) is 64.1 Å². The fraction of sp³-hybridized carbons (Fsp3) is 0.364. The molecule has 1 N–H and O–H groups in total. The molecule has 27 heavy (non-hydrogen) atoms. The van der Waals surface area contributed by atoms with Crippen LogP contribution in [0.3, 0.4) is 0 Å². The van der Waals surface area contributed by atoms with Gasteiger partial charge in [0.15, 0.2) is 0 Å². The summed E-state index contributed by atoms with van der Waals surface area (Å²) in [4.78, 5) is 28.9. The third-order valence-electron chi connectivity index (χ3n) is 4.94. The molecule has 0 radical (unpaired) electrons. The van der Waals surface area contributed by atoms with Crippen LogP contribution in [-0.2, 0) is 9.59 Å². The van der Waals surface area contributed by atoms with Gasteiger partial charge < -0.3 is 10.2 Å². The number of benzene rings is 2. The molecule has 0 spiro atoms. The molecule has 5 nitrogen and oxygen atoms in total. The van der Waals surface area contributed by atoms with Crippen molar-refractivity contribution in [3.63, 3.8) is 0 Å². The van der Waals surface area contributed by atoms with Crippen molar-refractivity contribution in [3.8, 4) is 0 Å². The highest BCUT2D eigenvalue weighted by Gasteiger charge is 2.25. The van der Waals surface area contributed by atoms with E-state index in [1.54, 1.807) is 16.8 Å². The van der Waals surface area contributed by atoms with Gasteiger partial charge >= 0.3 is 0 Å². The Morgan fingerprint density at radius 3 is 2.33 bits per heavy atom. The first-order valence-electron chi connectivity index (χ1n) is 9.27. The maximum absolute atomic E-state index is 12.9. The van der Waals surface area contributed by atoms with Crippen LogP contribution >= 0.6 is 0 Å². The van der Waals surface area contributed by atoms with Gasteiger partial charge in [0.05, 0.1) is 12.6 Å². The molecule has 0 fully saturated rings. The predicted octanol–water partition coefficient (Wildman–Crippen LogP) is 3.62. The van der Waals surface area contributed by atoms with Crippen molar-refractivity contribution in [3.05, 3.63) is 59.7 Å². The Balaban J connectivity index is 2.01. The summed E-state index contributed by atoms with van der Waals surface area (Å²) < 4.78 is 0. The molecule has 144 valence electrons. The summed E-state index contributed by atoms with van der Waals surface area (Å²) in [6.07, 6.45) is 0. The smallest absolute Gasteiger partial charge is 0.244 e. The number of anilines is 2. The van der Waals surface area contributed by atoms with Gasteiger partial charge in [0.2, 0.25) is 11.8 Å². The molecule has 0 aliphatic rings. The second-order valence-corrected chi connectivity index (χ2v) is 6.80. The van der Waals surface area contributed by atoms with Crippen LogP contribution in [0.4, 0.5) is 11.4 Å². The van der Waals surface area contributed by atoms with E-state index < -0.39 is 6.04 Å². The summed E-state index contributed by atoms with van der Waals surface area (Å²) in [6.45, 7) is 8.51. The first-order valence-corrected chi connectivity index (χ1v) is 9.27. The Morgan fingerprint density at radius 1 is 1.04 bits per heavy atom. The van der Waals surface area contributed by atoms with Crippen LogP contribution in [0.1, 0.15) is 25.0 Å². The van der Waals surface area contributed by atoms with Crippen molar-refractivity contribution in [1.82, 2.24) is 4.90 Å². The zero-order valence-electron chi connectivity index (χ0n) is 16.8. The molecular weight excluding hydrogens is 338 g/mol. The number of carbonyl (C=O) groups excluding carboxylic acids is 2. The van der Waals surface area contributed by atoms with Crippen molar-refractivity contribution < 1.29 is 9.59 Å². The molecule has 0 unspecified atom stereocenters. The fourth-order valence-electron chi connectivity index (χ4n) is 2.93. The highest BCUT2D eigenvalue weighted by molar-refractivity contribution is 5.98. The van der Waals surface area contributed by atoms with E-state index in [1.807, 2.05) is 76.2 Å². The minimum atomic E-state index is -0.408. The van der Waals surface area contributed by atoms with Gasteiger partial charge in [-0.2, -0.15) is 0 Å². The summed E-state index contributed by atoms with van der Waals surface area (Å²) in [5, 5.41) is 2.95. The molecule has 0 bridgehead atoms. The molecule has 0 aliphatic carbocycles. The number of hydrogen-bond acceptors (Lipinski definition) is 3. The summed E-state index contributed by atoms with van der Waals surface area (Å²) >= 11 is 0. The Kier molecular flexibility index (Phi) is 7.13. The lowest BCUT2D eigenvalue weighted by molar-refractivity contribution is -0.124. The van der Waals surface area contributed by atoms with Crippen LogP contribution in [0.5, 0.6) is 0 Å². The predicted molar refractivity (Wildman–Crippen MR) is 111 cm³/mol. The van der Waals surface area contributed by atoms with Crippen LogP contribution in [0.2, 0.25) is 0 Å². The van der Waals surface area contributed by atoms with E-state index in [0.717, 1.165) is 22.5 Å². The number of amides is 2. The molecule has 2 amide bonds. The van der Waals surface area contributed by atoms with Crippen molar-refractivity contribution in [2.75, 3.05) is 30.4 Å². The van der Waals surface area contributed by atoms with E-state index in [4.69, 9.17) is 0 Å². The van der Waals surface area contributed by atoms with Crippen LogP contribution in [-0.4, -0.2) is 42.9 Å². The fourth-order valence-corrected chi connectivity index (χ4v) is 2.93. The van der Waals surface area contributed by atoms with E-state index in [0.29, 0.717) is 6.54 Å². The van der Waals surface area contributed by atoms with Crippen molar-refractivity contribution >= 4 is 23.2 Å². The standard InChI is InChI=1S/C22H29N3O2/c1-6-25(19-12-8-7-9-13-19)22(27)18(4)24(5)15-21(26)23-20-14-10-11-16(2)17(20)3/h7-14,18H,6,15H2,1-5H3,(H,23,26)/t18-/m1/s1. The van der Waals surface area contributed by atoms with Crippen LogP contribution in [0, 0.1) is 13.8 Å². The Bertz CT molecular complexity index is 789. The van der Waals surface area contributed by atoms with Crippen molar-refractivity contribution in [2.45, 2.75) is 33.7 Å². The molecule has 0 heterocycles. The lowest BCUT2D eigenvalue weighted by Gasteiger charge is -2.29. The maximum atomic E-state index is 12.9. The van der Waals surface area contributed by atoms with E-state index in [-0.39, 0.29) is 18.4 Å². The molecule has 1 atom stereocenters. The Hall–Kier alpha value is -2.66. The highest BCUT2D eigenvalue weighted by atomic mass is 16.2. The molecule has 2 rings (SSSR count). The van der Waals surface area contributed by atoms with Gasteiger partial charge in [-0.25, -0.2) is 0 Å². The molecule has 0 aromatic heterocycles. The van der Waals surface area contributed by atoms with E-state index in [2.05, 4.69) is 5.32 Å². The number of para-hydroxylation sites is 1. The number of carbonyl (C=O) groups is 2. The molecule has 2 aromatic rings. The lowest BCUT2D eigenvalue weighted by atomic mass is 10.1. The third kappa shape index (κ3) is 5.17. The topological polar surface area (TPSA) is 52.7 Å². The van der Waals surface area contributed by atoms with Crippen LogP contribution in [0.15, 0.2) is 48.5 Å². The quantitative estimate of drug-likeness (QED) is 0.813. The van der Waals surface area contributed by atoms with Gasteiger partial charge in [-0.1, -0.05) is 30.3 Å². The van der Waals surface area contributed by atoms with Gasteiger partial charge in [-0.3, -0.25) is 14.5 Å². The SMILES string of the molecule is CCN(C(=O)[C@@H](C)N(C)CC(=O)Nc1cccc(C)c1C)c1ccccc1. The molecule has 0 aliphatic heterocycles. The van der Waals surface area contributed by atoms with Crippen LogP contribution < -0.4 is 10.2 Å². The zero-order chi connectivity index (χ0) is 20.0. The van der Waals surface area contributed by atoms with Crippen LogP contribution in [0.25, 0.3) is 0 Å². The summed E-state index contributed by atoms with van der Waals surface area (Å²) in [5.74, 6) is -0.153. The number of nitrogens with zero attached hydrogens (tertiary/aromatic N) is 2. The lowest BCUT2D eigenvalue weighted by Crippen LogP contribution is -2.48. The van der Waals surface area contributed by atoms with Crippen molar-refractivity contribution in [1.29, 1.82) is 0 Å². The average molecular weight is 367 g/mol. The number of rotatable bonds is 7. The van der Waals surface area contributed by atoms with Gasteiger partial charge in [0.25, 0.3) is 0 Å². The number of nitrogens with one attached hydrogen (secondary N) is 1. The number of aryl methyl sites for hydroxylation is 1. The summed E-state index contributed by atoms with van der Waals surface area (Å²) in [7, 11) is 1.80. The minimum Gasteiger partial charge on any atom is -0.325 e. The monoisotopic (exact) mass is 367 g/mol. The van der Waals surface area contributed by atoms with E-state index in [1.165, 1.54) is 0 Å². The largest absolute Gasteiger partial charge is 0.325 e. The molecular formula is C22H29N3O2. The van der Waals surface area contributed by atoms with Crippen molar-refractivity contribution in [2.24, 2.45) is 0 Å². The molecule has 0 saturated carbocycles. The Labute approximate surface area is 162 Å². The Morgan fingerprint density at radius 2 is 1.70 bits per heavy atom. The normalized spacial score (nSPS) is 11.9. The second-order valence-electron chi connectivity index (χ2n) is 6.80. The maximum Gasteiger partial charge on any atom is 0.244 e. The van der Waals surface area contributed by atoms with Gasteiger partial charge in [0.1, 0.15) is 0 Å². The first-order chi connectivity index (χ1) is 12.8. The molecule has 2 aromatic carbocycles. The number of hydrogen-bond donors (Lipinski definition) is 1. The van der Waals surface area contributed by atoms with E-state index in [9.17, 15) is 9.59 Å². The minimum absolute atomic E-state index is 0.0225. The third-order valence-corrected chi connectivity index (χ3v) is 4.94. The first kappa shape index (κ1) is 20.6. The van der Waals surface area contributed by atoms with Gasteiger partial charge in [-0.15, -0.1) is 0 Å². The summed E-state index contributed by atoms with van der Waals surface area (Å²) in [6, 6.07) is 15.0. The highest BCUT2D eigenvalue weighted by Crippen LogP contribution is 2.18. The second kappa shape index (κ2) is 9.33. The van der Waals surface area contributed by atoms with Gasteiger partial charge in [0, 0.05) is 17.9 Å². The average Bonchev–Trinajstić information content (AvgIpc) is 2.66. The molecule has 0 saturated heterocycles. The number of likely N-dealkylation sites (N-methyl/N-ethyl adjacent to an activating group) is 2. The summed E-state index contributed by atoms with van der Waals surface area (Å²) in [5.41, 5.74) is 3.86. The van der Waals surface area contributed by atoms with E-state index >= 15 is 0 Å². The molecule has 5 heteroatoms. The zero-order valence-corrected chi connectivity index (χ0v) is 16.8.